The number of rotatable bonds is 11. The van der Waals surface area contributed by atoms with Crippen LogP contribution in [-0.4, -0.2) is 55.0 Å². The summed E-state index contributed by atoms with van der Waals surface area (Å²) in [4.78, 5) is 18.9. The van der Waals surface area contributed by atoms with E-state index in [9.17, 15) is 9.90 Å². The third-order valence-corrected chi connectivity index (χ3v) is 3.92. The number of azide groups is 3. The van der Waals surface area contributed by atoms with Crippen LogP contribution in [0.5, 0.6) is 0 Å². The molecule has 0 aliphatic heterocycles. The number of halogens is 1. The van der Waals surface area contributed by atoms with Crippen LogP contribution in [0.4, 0.5) is 0 Å². The zero-order valence-electron chi connectivity index (χ0n) is 13.8. The Balaban J connectivity index is 3.21. The lowest BCUT2D eigenvalue weighted by molar-refractivity contribution is -0.0337. The van der Waals surface area contributed by atoms with Gasteiger partial charge in [-0.05, 0) is 22.7 Å². The Labute approximate surface area is 161 Å². The minimum atomic E-state index is -1.67. The maximum absolute atomic E-state index is 11.2. The van der Waals surface area contributed by atoms with E-state index in [4.69, 9.17) is 26.4 Å². The summed E-state index contributed by atoms with van der Waals surface area (Å²) < 4.78 is 6.18. The topological polar surface area (TPSA) is 213 Å². The Kier molecular flexibility index (Phi) is 8.96. The molecule has 1 rings (SSSR count). The first-order chi connectivity index (χ1) is 12.9. The number of benzene rings is 1. The molecule has 0 radical (unpaired) electrons. The van der Waals surface area contributed by atoms with Crippen molar-refractivity contribution in [2.45, 2.75) is 11.7 Å². The van der Waals surface area contributed by atoms with E-state index in [2.05, 4.69) is 46.0 Å². The third-order valence-electron chi connectivity index (χ3n) is 3.46. The van der Waals surface area contributed by atoms with Crippen LogP contribution in [0.25, 0.3) is 31.3 Å². The van der Waals surface area contributed by atoms with Crippen LogP contribution in [0.1, 0.15) is 10.4 Å². The van der Waals surface area contributed by atoms with Gasteiger partial charge in [-0.1, -0.05) is 48.9 Å². The van der Waals surface area contributed by atoms with E-state index in [1.807, 2.05) is 0 Å². The van der Waals surface area contributed by atoms with Gasteiger partial charge in [0.05, 0.1) is 36.9 Å². The standard InChI is InChI=1S/C12H13BBrN9O4/c14-9-2-7(11(25)26)1-8(3-9)13-27-12(5-19-22-16,6-20-23-17)10(24)4-18-21-15/h1-3,10,13,24H,4-6H2,(H,25,26). The van der Waals surface area contributed by atoms with Crippen LogP contribution < -0.4 is 5.46 Å². The van der Waals surface area contributed by atoms with Crippen molar-refractivity contribution in [2.75, 3.05) is 19.6 Å². The summed E-state index contributed by atoms with van der Waals surface area (Å²) in [5.74, 6) is -1.14. The summed E-state index contributed by atoms with van der Waals surface area (Å²) in [7, 11) is -0.199. The van der Waals surface area contributed by atoms with Gasteiger partial charge >= 0.3 is 13.5 Å². The molecule has 0 saturated heterocycles. The van der Waals surface area contributed by atoms with Gasteiger partial charge < -0.3 is 14.9 Å². The molecule has 1 atom stereocenters. The number of aliphatic hydroxyl groups is 1. The van der Waals surface area contributed by atoms with Gasteiger partial charge in [-0.3, -0.25) is 0 Å². The smallest absolute Gasteiger partial charge is 0.335 e. The summed E-state index contributed by atoms with van der Waals surface area (Å²) in [6, 6.07) is 4.35. The van der Waals surface area contributed by atoms with Crippen molar-refractivity contribution in [1.82, 2.24) is 0 Å². The number of nitrogens with zero attached hydrogens (tertiary/aromatic N) is 9. The zero-order chi connectivity index (χ0) is 20.3. The molecule has 0 bridgehead atoms. The van der Waals surface area contributed by atoms with Gasteiger partial charge in [-0.2, -0.15) is 0 Å². The molecule has 0 aliphatic rings. The Bertz CT molecular complexity index is 814. The molecule has 0 amide bonds. The monoisotopic (exact) mass is 437 g/mol. The number of hydrogen-bond acceptors (Lipinski definition) is 6. The molecule has 1 aromatic rings. The second kappa shape index (κ2) is 10.9. The summed E-state index contributed by atoms with van der Waals surface area (Å²) in [6.45, 7) is -1.24. The Morgan fingerprint density at radius 3 is 2.30 bits per heavy atom. The lowest BCUT2D eigenvalue weighted by atomic mass is 9.84. The number of aromatic carboxylic acids is 1. The Hall–Kier alpha value is -2.92. The highest BCUT2D eigenvalue weighted by Gasteiger charge is 2.37. The van der Waals surface area contributed by atoms with E-state index in [1.165, 1.54) is 12.1 Å². The molecule has 1 unspecified atom stereocenters. The van der Waals surface area contributed by atoms with Crippen molar-refractivity contribution in [3.05, 3.63) is 59.6 Å². The summed E-state index contributed by atoms with van der Waals surface area (Å²) in [6.07, 6.45) is -1.45. The predicted molar refractivity (Wildman–Crippen MR) is 99.7 cm³/mol. The largest absolute Gasteiger partial charge is 0.478 e. The van der Waals surface area contributed by atoms with Crippen LogP contribution in [0, 0.1) is 0 Å². The third kappa shape index (κ3) is 6.72. The summed E-state index contributed by atoms with van der Waals surface area (Å²) in [5.41, 5.74) is 24.4. The van der Waals surface area contributed by atoms with E-state index in [0.29, 0.717) is 9.94 Å². The molecule has 0 heterocycles. The van der Waals surface area contributed by atoms with E-state index in [0.717, 1.165) is 0 Å². The second-order valence-electron chi connectivity index (χ2n) is 5.21. The molecular weight excluding hydrogens is 425 g/mol. The Morgan fingerprint density at radius 2 is 1.78 bits per heavy atom. The van der Waals surface area contributed by atoms with Gasteiger partial charge in [0, 0.05) is 19.2 Å². The maximum Gasteiger partial charge on any atom is 0.335 e. The SMILES string of the molecule is [N-]=[N+]=NCC(O)C(CN=[N+]=[N-])(CN=[N+]=[N-])OBc1cc(Br)cc(C(=O)O)c1. The average Bonchev–Trinajstić information content (AvgIpc) is 2.65. The molecule has 27 heavy (non-hydrogen) atoms. The van der Waals surface area contributed by atoms with Gasteiger partial charge in [0.2, 0.25) is 0 Å². The first kappa shape index (κ1) is 22.1. The predicted octanol–water partition coefficient (Wildman–Crippen LogP) is 2.17. The molecular formula is C12H13BBrN9O4. The van der Waals surface area contributed by atoms with Crippen LogP contribution in [-0.2, 0) is 4.65 Å². The molecule has 0 spiro atoms. The average molecular weight is 438 g/mol. The number of hydrogen-bond donors (Lipinski definition) is 2. The van der Waals surface area contributed by atoms with E-state index in [-0.39, 0.29) is 13.0 Å². The number of aliphatic hydroxyl groups excluding tert-OH is 1. The highest BCUT2D eigenvalue weighted by atomic mass is 79.9. The lowest BCUT2D eigenvalue weighted by Gasteiger charge is -2.35. The van der Waals surface area contributed by atoms with Crippen LogP contribution in [0.3, 0.4) is 0 Å². The molecule has 13 nitrogen and oxygen atoms in total. The van der Waals surface area contributed by atoms with Crippen molar-refractivity contribution < 1.29 is 19.7 Å². The molecule has 0 saturated carbocycles. The van der Waals surface area contributed by atoms with Crippen molar-refractivity contribution in [3.63, 3.8) is 0 Å². The molecule has 0 aromatic heterocycles. The van der Waals surface area contributed by atoms with Crippen molar-refractivity contribution in [1.29, 1.82) is 0 Å². The van der Waals surface area contributed by atoms with Gasteiger partial charge in [0.15, 0.2) is 0 Å². The minimum Gasteiger partial charge on any atom is -0.478 e. The highest BCUT2D eigenvalue weighted by molar-refractivity contribution is 9.10. The van der Waals surface area contributed by atoms with Crippen LogP contribution in [0.15, 0.2) is 38.0 Å². The molecule has 140 valence electrons. The fraction of sp³-hybridized carbons (Fsp3) is 0.417. The van der Waals surface area contributed by atoms with Crippen molar-refractivity contribution >= 4 is 34.8 Å². The fourth-order valence-electron chi connectivity index (χ4n) is 2.12. The van der Waals surface area contributed by atoms with E-state index in [1.54, 1.807) is 6.07 Å². The molecule has 1 aromatic carbocycles. The van der Waals surface area contributed by atoms with Crippen LogP contribution in [0.2, 0.25) is 0 Å². The molecule has 15 heteroatoms. The summed E-state index contributed by atoms with van der Waals surface area (Å²) >= 11 is 3.19. The first-order valence-corrected chi connectivity index (χ1v) is 8.05. The first-order valence-electron chi connectivity index (χ1n) is 7.26. The van der Waals surface area contributed by atoms with Gasteiger partial charge in [-0.25, -0.2) is 4.79 Å². The fourth-order valence-corrected chi connectivity index (χ4v) is 2.66. The van der Waals surface area contributed by atoms with Gasteiger partial charge in [0.1, 0.15) is 0 Å². The molecule has 0 aliphatic carbocycles. The van der Waals surface area contributed by atoms with E-state index >= 15 is 0 Å². The number of carbonyl (C=O) groups is 1. The summed E-state index contributed by atoms with van der Waals surface area (Å²) in [5, 5.41) is 29.5. The quantitative estimate of drug-likeness (QED) is 0.230. The zero-order valence-corrected chi connectivity index (χ0v) is 15.3. The molecule has 2 N–H and O–H groups in total. The van der Waals surface area contributed by atoms with Crippen molar-refractivity contribution in [2.24, 2.45) is 15.3 Å². The van der Waals surface area contributed by atoms with E-state index < -0.39 is 37.3 Å². The Morgan fingerprint density at radius 1 is 1.19 bits per heavy atom. The van der Waals surface area contributed by atoms with Gasteiger partial charge in [0.25, 0.3) is 0 Å². The van der Waals surface area contributed by atoms with Gasteiger partial charge in [-0.15, -0.1) is 0 Å². The maximum atomic E-state index is 11.2. The number of carboxylic acid groups (broad SMARTS) is 1. The van der Waals surface area contributed by atoms with Crippen molar-refractivity contribution in [3.8, 4) is 0 Å². The second-order valence-corrected chi connectivity index (χ2v) is 6.13. The lowest BCUT2D eigenvalue weighted by Crippen LogP contribution is -2.53. The highest BCUT2D eigenvalue weighted by Crippen LogP contribution is 2.20. The normalized spacial score (nSPS) is 13.1. The molecule has 0 fully saturated rings. The minimum absolute atomic E-state index is 0.00768. The van der Waals surface area contributed by atoms with Crippen LogP contribution >= 0.6 is 15.9 Å². The number of carboxylic acids is 1.